The number of hydrogen-bond donors (Lipinski definition) is 0. The third-order valence-electron chi connectivity index (χ3n) is 4.13. The van der Waals surface area contributed by atoms with Crippen LogP contribution in [0.3, 0.4) is 0 Å². The number of benzene rings is 3. The number of carbonyl (C=O) groups excluding carboxylic acids is 1. The first-order chi connectivity index (χ1) is 13.6. The fraction of sp³-hybridized carbons (Fsp3) is 0.0455. The molecule has 138 valence electrons. The lowest BCUT2D eigenvalue weighted by Crippen LogP contribution is -2.25. The molecule has 0 atom stereocenters. The first-order valence-corrected chi connectivity index (χ1v) is 10.3. The third-order valence-corrected chi connectivity index (χ3v) is 5.62. The molecule has 0 aliphatic rings. The van der Waals surface area contributed by atoms with E-state index >= 15 is 0 Å². The molecule has 4 nitrogen and oxygen atoms in total. The van der Waals surface area contributed by atoms with Crippen molar-refractivity contribution in [3.8, 4) is 0 Å². The number of thiazole rings is 1. The zero-order valence-electron chi connectivity index (χ0n) is 15.0. The van der Waals surface area contributed by atoms with Gasteiger partial charge in [-0.25, -0.2) is 4.98 Å². The standard InChI is InChI=1S/C22H16BrN3OS/c1-15-7-9-17(10-8-15)21(27)26(24-14-16-5-3-2-4-6-16)22-25-19-12-11-18(23)13-20(19)28-22/h2-14H,1H3/b24-14+. The third kappa shape index (κ3) is 4.03. The minimum Gasteiger partial charge on any atom is -0.267 e. The lowest BCUT2D eigenvalue weighted by molar-refractivity contribution is 0.0988. The van der Waals surface area contributed by atoms with E-state index in [-0.39, 0.29) is 5.91 Å². The van der Waals surface area contributed by atoms with Crippen molar-refractivity contribution in [1.29, 1.82) is 0 Å². The SMILES string of the molecule is Cc1ccc(C(=O)N(/N=C/c2ccccc2)c2nc3ccc(Br)cc3s2)cc1. The fourth-order valence-electron chi connectivity index (χ4n) is 2.65. The molecule has 0 radical (unpaired) electrons. The molecule has 1 heterocycles. The van der Waals surface area contributed by atoms with E-state index in [4.69, 9.17) is 0 Å². The van der Waals surface area contributed by atoms with Gasteiger partial charge in [-0.15, -0.1) is 0 Å². The molecule has 4 rings (SSSR count). The van der Waals surface area contributed by atoms with Crippen LogP contribution in [-0.4, -0.2) is 17.1 Å². The summed E-state index contributed by atoms with van der Waals surface area (Å²) in [6.07, 6.45) is 1.67. The predicted octanol–water partition coefficient (Wildman–Crippen LogP) is 6.05. The second-order valence-electron chi connectivity index (χ2n) is 6.25. The average Bonchev–Trinajstić information content (AvgIpc) is 3.12. The Morgan fingerprint density at radius 2 is 1.82 bits per heavy atom. The molecule has 0 spiro atoms. The Hall–Kier alpha value is -2.83. The molecular weight excluding hydrogens is 434 g/mol. The van der Waals surface area contributed by atoms with Crippen LogP contribution in [0.2, 0.25) is 0 Å². The molecule has 3 aromatic carbocycles. The number of nitrogens with zero attached hydrogens (tertiary/aromatic N) is 3. The van der Waals surface area contributed by atoms with Crippen molar-refractivity contribution < 1.29 is 4.79 Å². The van der Waals surface area contributed by atoms with Crippen LogP contribution in [0.1, 0.15) is 21.5 Å². The highest BCUT2D eigenvalue weighted by atomic mass is 79.9. The Bertz CT molecular complexity index is 1150. The molecule has 6 heteroatoms. The molecule has 0 aliphatic carbocycles. The minimum absolute atomic E-state index is 0.217. The number of hydrazone groups is 1. The first-order valence-electron chi connectivity index (χ1n) is 8.66. The van der Waals surface area contributed by atoms with Gasteiger partial charge in [-0.3, -0.25) is 4.79 Å². The van der Waals surface area contributed by atoms with Crippen molar-refractivity contribution in [2.45, 2.75) is 6.92 Å². The maximum absolute atomic E-state index is 13.2. The van der Waals surface area contributed by atoms with Gasteiger partial charge in [-0.1, -0.05) is 75.3 Å². The highest BCUT2D eigenvalue weighted by Gasteiger charge is 2.21. The average molecular weight is 450 g/mol. The monoisotopic (exact) mass is 449 g/mol. The van der Waals surface area contributed by atoms with E-state index in [1.54, 1.807) is 6.21 Å². The van der Waals surface area contributed by atoms with Crippen LogP contribution < -0.4 is 5.01 Å². The van der Waals surface area contributed by atoms with Gasteiger partial charge in [0, 0.05) is 10.0 Å². The molecular formula is C22H16BrN3OS. The summed E-state index contributed by atoms with van der Waals surface area (Å²) in [5, 5.41) is 6.38. The number of carbonyl (C=O) groups is 1. The Kier molecular flexibility index (Phi) is 5.32. The van der Waals surface area contributed by atoms with Gasteiger partial charge in [0.15, 0.2) is 0 Å². The molecule has 0 saturated heterocycles. The second-order valence-corrected chi connectivity index (χ2v) is 8.17. The van der Waals surface area contributed by atoms with E-state index in [0.717, 1.165) is 25.8 Å². The normalized spacial score (nSPS) is 11.2. The largest absolute Gasteiger partial charge is 0.280 e. The van der Waals surface area contributed by atoms with Crippen molar-refractivity contribution in [2.75, 3.05) is 5.01 Å². The van der Waals surface area contributed by atoms with Crippen molar-refractivity contribution >= 4 is 54.7 Å². The topological polar surface area (TPSA) is 45.6 Å². The maximum atomic E-state index is 13.2. The summed E-state index contributed by atoms with van der Waals surface area (Å²) in [6, 6.07) is 23.0. The van der Waals surface area contributed by atoms with Gasteiger partial charge in [-0.05, 0) is 42.8 Å². The quantitative estimate of drug-likeness (QED) is 0.281. The summed E-state index contributed by atoms with van der Waals surface area (Å²) < 4.78 is 1.96. The van der Waals surface area contributed by atoms with E-state index in [9.17, 15) is 4.79 Å². The lowest BCUT2D eigenvalue weighted by Gasteiger charge is -2.14. The Morgan fingerprint density at radius 1 is 1.07 bits per heavy atom. The highest BCUT2D eigenvalue weighted by molar-refractivity contribution is 9.10. The zero-order valence-corrected chi connectivity index (χ0v) is 17.4. The molecule has 1 amide bonds. The van der Waals surface area contributed by atoms with Gasteiger partial charge < -0.3 is 0 Å². The smallest absolute Gasteiger partial charge is 0.267 e. The van der Waals surface area contributed by atoms with Crippen LogP contribution in [-0.2, 0) is 0 Å². The molecule has 4 aromatic rings. The number of aryl methyl sites for hydroxylation is 1. The van der Waals surface area contributed by atoms with Crippen LogP contribution in [0.5, 0.6) is 0 Å². The second kappa shape index (κ2) is 8.04. The van der Waals surface area contributed by atoms with Gasteiger partial charge >= 0.3 is 0 Å². The number of halogens is 1. The van der Waals surface area contributed by atoms with Crippen molar-refractivity contribution in [3.63, 3.8) is 0 Å². The van der Waals surface area contributed by atoms with Gasteiger partial charge in [-0.2, -0.15) is 10.1 Å². The number of aromatic nitrogens is 1. The van der Waals surface area contributed by atoms with Gasteiger partial charge in [0.25, 0.3) is 5.91 Å². The van der Waals surface area contributed by atoms with Crippen LogP contribution in [0.25, 0.3) is 10.2 Å². The van der Waals surface area contributed by atoms with Crippen LogP contribution in [0.4, 0.5) is 5.13 Å². The van der Waals surface area contributed by atoms with Gasteiger partial charge in [0.1, 0.15) is 0 Å². The fourth-order valence-corrected chi connectivity index (χ4v) is 4.12. The molecule has 0 bridgehead atoms. The first kappa shape index (κ1) is 18.5. The summed E-state index contributed by atoms with van der Waals surface area (Å²) in [7, 11) is 0. The summed E-state index contributed by atoms with van der Waals surface area (Å²) in [6.45, 7) is 1.99. The van der Waals surface area contributed by atoms with Gasteiger partial charge in [0.2, 0.25) is 5.13 Å². The molecule has 0 aliphatic heterocycles. The highest BCUT2D eigenvalue weighted by Crippen LogP contribution is 2.32. The van der Waals surface area contributed by atoms with Crippen LogP contribution in [0, 0.1) is 6.92 Å². The predicted molar refractivity (Wildman–Crippen MR) is 119 cm³/mol. The number of anilines is 1. The summed E-state index contributed by atoms with van der Waals surface area (Å²) >= 11 is 4.91. The molecule has 0 fully saturated rings. The van der Waals surface area contributed by atoms with E-state index in [1.165, 1.54) is 16.3 Å². The Balaban J connectivity index is 1.76. The van der Waals surface area contributed by atoms with E-state index in [1.807, 2.05) is 79.7 Å². The minimum atomic E-state index is -0.217. The van der Waals surface area contributed by atoms with Crippen molar-refractivity contribution in [1.82, 2.24) is 4.98 Å². The maximum Gasteiger partial charge on any atom is 0.280 e. The number of rotatable bonds is 4. The summed E-state index contributed by atoms with van der Waals surface area (Å²) in [5.74, 6) is -0.217. The number of fused-ring (bicyclic) bond motifs is 1. The van der Waals surface area contributed by atoms with E-state index < -0.39 is 0 Å². The Labute approximate surface area is 175 Å². The summed E-state index contributed by atoms with van der Waals surface area (Å²) in [5.41, 5.74) is 3.41. The van der Waals surface area contributed by atoms with Crippen molar-refractivity contribution in [3.05, 3.63) is 94.0 Å². The number of amides is 1. The molecule has 28 heavy (non-hydrogen) atoms. The molecule has 0 saturated carbocycles. The van der Waals surface area contributed by atoms with Crippen molar-refractivity contribution in [2.24, 2.45) is 5.10 Å². The number of hydrogen-bond acceptors (Lipinski definition) is 4. The van der Waals surface area contributed by atoms with E-state index in [2.05, 4.69) is 26.0 Å². The molecule has 0 unspecified atom stereocenters. The summed E-state index contributed by atoms with van der Waals surface area (Å²) in [4.78, 5) is 17.8. The van der Waals surface area contributed by atoms with Gasteiger partial charge in [0.05, 0.1) is 16.4 Å². The van der Waals surface area contributed by atoms with E-state index in [0.29, 0.717) is 10.7 Å². The van der Waals surface area contributed by atoms with Crippen LogP contribution >= 0.6 is 27.3 Å². The Morgan fingerprint density at radius 3 is 2.57 bits per heavy atom. The molecule has 0 N–H and O–H groups in total. The lowest BCUT2D eigenvalue weighted by atomic mass is 10.1. The van der Waals surface area contributed by atoms with Crippen LogP contribution in [0.15, 0.2) is 82.4 Å². The molecule has 1 aromatic heterocycles. The zero-order chi connectivity index (χ0) is 19.5.